The Kier molecular flexibility index (Phi) is 3.24. The molecule has 1 aromatic carbocycles. The Morgan fingerprint density at radius 1 is 1.06 bits per heavy atom. The van der Waals surface area contributed by atoms with Gasteiger partial charge in [-0.1, -0.05) is 25.3 Å². The van der Waals surface area contributed by atoms with E-state index in [0.29, 0.717) is 6.42 Å². The van der Waals surface area contributed by atoms with Gasteiger partial charge in [0.2, 0.25) is 0 Å². The summed E-state index contributed by atoms with van der Waals surface area (Å²) in [6.45, 7) is 0. The van der Waals surface area contributed by atoms with Gasteiger partial charge in [0, 0.05) is 5.54 Å². The van der Waals surface area contributed by atoms with E-state index in [2.05, 4.69) is 0 Å². The highest BCUT2D eigenvalue weighted by molar-refractivity contribution is 5.20. The first-order valence-electron chi connectivity index (χ1n) is 5.82. The standard InChI is InChI=1S/C13H17F2N/c14-11-5-4-10(8-12(11)15)9-13(16)6-2-1-3-7-13/h4-5,8H,1-3,6-7,9,16H2. The topological polar surface area (TPSA) is 26.0 Å². The minimum atomic E-state index is -0.793. The van der Waals surface area contributed by atoms with E-state index in [9.17, 15) is 8.78 Å². The van der Waals surface area contributed by atoms with Crippen LogP contribution in [0.2, 0.25) is 0 Å². The molecule has 3 heteroatoms. The molecule has 0 aromatic heterocycles. The first-order chi connectivity index (χ1) is 7.59. The molecule has 1 nitrogen and oxygen atoms in total. The van der Waals surface area contributed by atoms with E-state index in [-0.39, 0.29) is 5.54 Å². The van der Waals surface area contributed by atoms with Crippen LogP contribution in [-0.4, -0.2) is 5.54 Å². The van der Waals surface area contributed by atoms with Gasteiger partial charge < -0.3 is 5.73 Å². The number of nitrogens with two attached hydrogens (primary N) is 1. The molecular formula is C13H17F2N. The van der Waals surface area contributed by atoms with E-state index in [4.69, 9.17) is 5.73 Å². The molecule has 0 spiro atoms. The van der Waals surface area contributed by atoms with E-state index in [1.807, 2.05) is 0 Å². The molecule has 0 radical (unpaired) electrons. The Bertz CT molecular complexity index is 370. The Labute approximate surface area is 94.7 Å². The van der Waals surface area contributed by atoms with Crippen LogP contribution in [0.4, 0.5) is 8.78 Å². The highest BCUT2D eigenvalue weighted by Crippen LogP contribution is 2.29. The second-order valence-corrected chi connectivity index (χ2v) is 4.85. The van der Waals surface area contributed by atoms with E-state index in [1.165, 1.54) is 18.6 Å². The van der Waals surface area contributed by atoms with Crippen molar-refractivity contribution in [2.45, 2.75) is 44.1 Å². The van der Waals surface area contributed by atoms with Crippen molar-refractivity contribution in [3.8, 4) is 0 Å². The first kappa shape index (κ1) is 11.5. The van der Waals surface area contributed by atoms with Gasteiger partial charge in [-0.15, -0.1) is 0 Å². The van der Waals surface area contributed by atoms with Crippen LogP contribution in [0.25, 0.3) is 0 Å². The van der Waals surface area contributed by atoms with E-state index in [0.717, 1.165) is 31.2 Å². The average Bonchev–Trinajstić information content (AvgIpc) is 2.24. The summed E-state index contributed by atoms with van der Waals surface area (Å²) < 4.78 is 25.8. The molecular weight excluding hydrogens is 208 g/mol. The SMILES string of the molecule is NC1(Cc2ccc(F)c(F)c2)CCCCC1. The molecule has 0 unspecified atom stereocenters. The predicted octanol–water partition coefficient (Wildman–Crippen LogP) is 3.17. The molecule has 1 aliphatic rings. The second kappa shape index (κ2) is 4.50. The van der Waals surface area contributed by atoms with Gasteiger partial charge in [-0.25, -0.2) is 8.78 Å². The zero-order chi connectivity index (χ0) is 11.6. The zero-order valence-corrected chi connectivity index (χ0v) is 9.31. The zero-order valence-electron chi connectivity index (χ0n) is 9.31. The number of hydrogen-bond donors (Lipinski definition) is 1. The molecule has 1 saturated carbocycles. The monoisotopic (exact) mass is 225 g/mol. The third-order valence-electron chi connectivity index (χ3n) is 3.39. The minimum absolute atomic E-state index is 0.220. The molecule has 0 aliphatic heterocycles. The fourth-order valence-electron chi connectivity index (χ4n) is 2.49. The lowest BCUT2D eigenvalue weighted by atomic mass is 9.78. The van der Waals surface area contributed by atoms with Crippen molar-refractivity contribution >= 4 is 0 Å². The smallest absolute Gasteiger partial charge is 0.159 e. The molecule has 1 fully saturated rings. The fraction of sp³-hybridized carbons (Fsp3) is 0.538. The summed E-state index contributed by atoms with van der Waals surface area (Å²) in [7, 11) is 0. The maximum absolute atomic E-state index is 13.0. The van der Waals surface area contributed by atoms with Gasteiger partial charge in [0.25, 0.3) is 0 Å². The Hall–Kier alpha value is -0.960. The van der Waals surface area contributed by atoms with Crippen LogP contribution in [0.15, 0.2) is 18.2 Å². The van der Waals surface area contributed by atoms with Gasteiger partial charge in [0.05, 0.1) is 0 Å². The molecule has 16 heavy (non-hydrogen) atoms. The molecule has 2 N–H and O–H groups in total. The lowest BCUT2D eigenvalue weighted by molar-refractivity contribution is 0.294. The van der Waals surface area contributed by atoms with Crippen molar-refractivity contribution < 1.29 is 8.78 Å². The van der Waals surface area contributed by atoms with Crippen molar-refractivity contribution in [2.24, 2.45) is 5.73 Å². The fourth-order valence-corrected chi connectivity index (χ4v) is 2.49. The quantitative estimate of drug-likeness (QED) is 0.822. The van der Waals surface area contributed by atoms with Gasteiger partial charge in [0.15, 0.2) is 11.6 Å². The Morgan fingerprint density at radius 3 is 2.38 bits per heavy atom. The lowest BCUT2D eigenvalue weighted by Gasteiger charge is -2.33. The molecule has 0 atom stereocenters. The van der Waals surface area contributed by atoms with Crippen LogP contribution in [0, 0.1) is 11.6 Å². The summed E-state index contributed by atoms with van der Waals surface area (Å²) in [6, 6.07) is 4.07. The van der Waals surface area contributed by atoms with Crippen LogP contribution in [-0.2, 0) is 6.42 Å². The summed E-state index contributed by atoms with van der Waals surface area (Å²) in [5, 5.41) is 0. The number of rotatable bonds is 2. The minimum Gasteiger partial charge on any atom is -0.325 e. The van der Waals surface area contributed by atoms with E-state index in [1.54, 1.807) is 6.07 Å². The van der Waals surface area contributed by atoms with Gasteiger partial charge in [0.1, 0.15) is 0 Å². The van der Waals surface area contributed by atoms with Crippen LogP contribution in [0.1, 0.15) is 37.7 Å². The summed E-state index contributed by atoms with van der Waals surface area (Å²) in [6.07, 6.45) is 6.11. The number of benzene rings is 1. The number of halogens is 2. The average molecular weight is 225 g/mol. The van der Waals surface area contributed by atoms with Crippen molar-refractivity contribution in [3.05, 3.63) is 35.4 Å². The van der Waals surface area contributed by atoms with E-state index >= 15 is 0 Å². The van der Waals surface area contributed by atoms with Crippen LogP contribution >= 0.6 is 0 Å². The third-order valence-corrected chi connectivity index (χ3v) is 3.39. The second-order valence-electron chi connectivity index (χ2n) is 4.85. The van der Waals surface area contributed by atoms with Crippen LogP contribution < -0.4 is 5.73 Å². The molecule has 0 bridgehead atoms. The summed E-state index contributed by atoms with van der Waals surface area (Å²) in [4.78, 5) is 0. The van der Waals surface area contributed by atoms with Crippen LogP contribution in [0.5, 0.6) is 0 Å². The maximum Gasteiger partial charge on any atom is 0.159 e. The molecule has 1 aromatic rings. The molecule has 2 rings (SSSR count). The summed E-state index contributed by atoms with van der Waals surface area (Å²) >= 11 is 0. The van der Waals surface area contributed by atoms with Crippen molar-refractivity contribution in [1.82, 2.24) is 0 Å². The first-order valence-corrected chi connectivity index (χ1v) is 5.82. The Morgan fingerprint density at radius 2 is 1.75 bits per heavy atom. The summed E-state index contributed by atoms with van der Waals surface area (Å²) in [5.74, 6) is -1.57. The predicted molar refractivity (Wildman–Crippen MR) is 60.1 cm³/mol. The third kappa shape index (κ3) is 2.59. The largest absolute Gasteiger partial charge is 0.325 e. The van der Waals surface area contributed by atoms with Gasteiger partial charge in [-0.05, 0) is 37.0 Å². The van der Waals surface area contributed by atoms with Crippen molar-refractivity contribution in [3.63, 3.8) is 0 Å². The molecule has 0 saturated heterocycles. The molecule has 1 aliphatic carbocycles. The number of hydrogen-bond acceptors (Lipinski definition) is 1. The van der Waals surface area contributed by atoms with Gasteiger partial charge in [-0.3, -0.25) is 0 Å². The van der Waals surface area contributed by atoms with Crippen molar-refractivity contribution in [2.75, 3.05) is 0 Å². The molecule has 0 heterocycles. The van der Waals surface area contributed by atoms with Crippen molar-refractivity contribution in [1.29, 1.82) is 0 Å². The maximum atomic E-state index is 13.0. The van der Waals surface area contributed by atoms with E-state index < -0.39 is 11.6 Å². The molecule has 88 valence electrons. The highest BCUT2D eigenvalue weighted by Gasteiger charge is 2.27. The lowest BCUT2D eigenvalue weighted by Crippen LogP contribution is -2.43. The normalized spacial score (nSPS) is 19.7. The Balaban J connectivity index is 2.10. The van der Waals surface area contributed by atoms with Crippen LogP contribution in [0.3, 0.4) is 0 Å². The summed E-state index contributed by atoms with van der Waals surface area (Å²) in [5.41, 5.74) is 6.84. The highest BCUT2D eigenvalue weighted by atomic mass is 19.2. The molecule has 0 amide bonds. The van der Waals surface area contributed by atoms with Gasteiger partial charge in [-0.2, -0.15) is 0 Å². The van der Waals surface area contributed by atoms with Gasteiger partial charge >= 0.3 is 0 Å².